The number of aryl methyl sites for hydroxylation is 1. The molecule has 1 amide bonds. The minimum absolute atomic E-state index is 0.0113. The maximum atomic E-state index is 12.7. The maximum Gasteiger partial charge on any atom is 0.254 e. The van der Waals surface area contributed by atoms with Crippen LogP contribution in [0.15, 0.2) is 24.3 Å². The van der Waals surface area contributed by atoms with Crippen molar-refractivity contribution in [1.29, 1.82) is 0 Å². The van der Waals surface area contributed by atoms with E-state index in [1.807, 2.05) is 31.2 Å². The highest BCUT2D eigenvalue weighted by Crippen LogP contribution is 2.45. The fraction of sp³-hybridized carbons (Fsp3) is 0.632. The predicted molar refractivity (Wildman–Crippen MR) is 95.3 cm³/mol. The first-order valence-electron chi connectivity index (χ1n) is 9.08. The molecule has 3 aliphatic rings. The lowest BCUT2D eigenvalue weighted by molar-refractivity contribution is 0.0228. The van der Waals surface area contributed by atoms with Crippen LogP contribution >= 0.6 is 0 Å². The van der Waals surface area contributed by atoms with Crippen molar-refractivity contribution < 1.29 is 17.9 Å². The predicted octanol–water partition coefficient (Wildman–Crippen LogP) is 2.05. The van der Waals surface area contributed by atoms with Gasteiger partial charge in [0.25, 0.3) is 5.91 Å². The number of sulfone groups is 1. The molecule has 1 atom stereocenters. The summed E-state index contributed by atoms with van der Waals surface area (Å²) in [6, 6.07) is 7.46. The fourth-order valence-corrected chi connectivity index (χ4v) is 6.50. The van der Waals surface area contributed by atoms with E-state index in [4.69, 9.17) is 4.74 Å². The minimum Gasteiger partial charge on any atom is -0.381 e. The Morgan fingerprint density at radius 1 is 1.20 bits per heavy atom. The molecule has 0 unspecified atom stereocenters. The Kier molecular flexibility index (Phi) is 4.15. The van der Waals surface area contributed by atoms with Crippen LogP contribution < -0.4 is 0 Å². The second-order valence-electron chi connectivity index (χ2n) is 7.83. The Bertz CT molecular complexity index is 778. The van der Waals surface area contributed by atoms with E-state index in [9.17, 15) is 13.2 Å². The van der Waals surface area contributed by atoms with Gasteiger partial charge in [-0.3, -0.25) is 4.79 Å². The molecule has 2 saturated heterocycles. The molecule has 4 rings (SSSR count). The second kappa shape index (κ2) is 6.09. The number of amides is 1. The van der Waals surface area contributed by atoms with Crippen molar-refractivity contribution in [1.82, 2.24) is 4.90 Å². The van der Waals surface area contributed by atoms with Crippen LogP contribution in [0.5, 0.6) is 0 Å². The number of ether oxygens (including phenoxy) is 1. The van der Waals surface area contributed by atoms with Crippen LogP contribution in [-0.4, -0.2) is 56.0 Å². The van der Waals surface area contributed by atoms with E-state index in [2.05, 4.69) is 0 Å². The molecule has 0 N–H and O–H groups in total. The maximum absolute atomic E-state index is 12.7. The smallest absolute Gasteiger partial charge is 0.254 e. The molecule has 3 fully saturated rings. The van der Waals surface area contributed by atoms with Crippen molar-refractivity contribution >= 4 is 15.7 Å². The molecule has 1 aliphatic carbocycles. The molecular formula is C19H25NO4S. The topological polar surface area (TPSA) is 63.7 Å². The molecule has 6 heteroatoms. The van der Waals surface area contributed by atoms with Gasteiger partial charge in [-0.1, -0.05) is 18.2 Å². The Balaban J connectivity index is 1.45. The first-order chi connectivity index (χ1) is 11.9. The molecule has 1 saturated carbocycles. The van der Waals surface area contributed by atoms with Crippen molar-refractivity contribution in [3.63, 3.8) is 0 Å². The van der Waals surface area contributed by atoms with Crippen LogP contribution in [0.3, 0.4) is 0 Å². The number of carbonyl (C=O) groups is 1. The van der Waals surface area contributed by atoms with Gasteiger partial charge in [-0.25, -0.2) is 8.42 Å². The summed E-state index contributed by atoms with van der Waals surface area (Å²) in [7, 11) is -3.17. The summed E-state index contributed by atoms with van der Waals surface area (Å²) < 4.78 is 30.3. The minimum atomic E-state index is -3.17. The second-order valence-corrected chi connectivity index (χ2v) is 10.3. The van der Waals surface area contributed by atoms with E-state index in [-0.39, 0.29) is 17.6 Å². The highest BCUT2D eigenvalue weighted by atomic mass is 32.2. The lowest BCUT2D eigenvalue weighted by atomic mass is 9.83. The molecular weight excluding hydrogens is 338 g/mol. The van der Waals surface area contributed by atoms with Crippen molar-refractivity contribution in [2.75, 3.05) is 32.1 Å². The van der Waals surface area contributed by atoms with Crippen molar-refractivity contribution in [2.45, 2.75) is 30.9 Å². The van der Waals surface area contributed by atoms with Crippen molar-refractivity contribution in [3.05, 3.63) is 35.4 Å². The number of carbonyl (C=O) groups excluding carboxylic acids is 1. The summed E-state index contributed by atoms with van der Waals surface area (Å²) in [5.41, 5.74) is 1.58. The average molecular weight is 363 g/mol. The number of hydrogen-bond acceptors (Lipinski definition) is 4. The molecule has 0 aromatic heterocycles. The zero-order valence-corrected chi connectivity index (χ0v) is 15.4. The van der Waals surface area contributed by atoms with Gasteiger partial charge < -0.3 is 9.64 Å². The van der Waals surface area contributed by atoms with Crippen LogP contribution in [0.25, 0.3) is 0 Å². The SMILES string of the molecule is Cc1ccccc1C(=O)N1CC2(C1)[C@H](COCC1CC1)CCS2(=O)=O. The average Bonchev–Trinajstić information content (AvgIpc) is 3.30. The van der Waals surface area contributed by atoms with Crippen LogP contribution in [0.2, 0.25) is 0 Å². The zero-order valence-electron chi connectivity index (χ0n) is 14.6. The molecule has 5 nitrogen and oxygen atoms in total. The summed E-state index contributed by atoms with van der Waals surface area (Å²) in [6.45, 7) is 3.77. The summed E-state index contributed by atoms with van der Waals surface area (Å²) in [4.78, 5) is 14.4. The van der Waals surface area contributed by atoms with Crippen LogP contribution in [-0.2, 0) is 14.6 Å². The van der Waals surface area contributed by atoms with Crippen LogP contribution in [0.1, 0.15) is 35.2 Å². The molecule has 0 bridgehead atoms. The third-order valence-electron chi connectivity index (χ3n) is 6.05. The van der Waals surface area contributed by atoms with Gasteiger partial charge in [0.15, 0.2) is 9.84 Å². The number of hydrogen-bond donors (Lipinski definition) is 0. The zero-order chi connectivity index (χ0) is 17.7. The number of nitrogens with zero attached hydrogens (tertiary/aromatic N) is 1. The number of likely N-dealkylation sites (tertiary alicyclic amines) is 1. The van der Waals surface area contributed by atoms with E-state index in [0.29, 0.717) is 37.6 Å². The summed E-state index contributed by atoms with van der Waals surface area (Å²) in [6.07, 6.45) is 3.11. The molecule has 1 aromatic carbocycles. The quantitative estimate of drug-likeness (QED) is 0.803. The van der Waals surface area contributed by atoms with Gasteiger partial charge >= 0.3 is 0 Å². The lowest BCUT2D eigenvalue weighted by Gasteiger charge is -2.50. The molecule has 2 heterocycles. The lowest BCUT2D eigenvalue weighted by Crippen LogP contribution is -2.68. The monoisotopic (exact) mass is 363 g/mol. The summed E-state index contributed by atoms with van der Waals surface area (Å²) in [5.74, 6) is 0.840. The third kappa shape index (κ3) is 2.89. The first-order valence-corrected chi connectivity index (χ1v) is 10.7. The highest BCUT2D eigenvalue weighted by molar-refractivity contribution is 7.93. The largest absolute Gasteiger partial charge is 0.381 e. The van der Waals surface area contributed by atoms with Gasteiger partial charge in [-0.15, -0.1) is 0 Å². The molecule has 1 spiro atoms. The first kappa shape index (κ1) is 17.0. The van der Waals surface area contributed by atoms with E-state index < -0.39 is 14.6 Å². The molecule has 136 valence electrons. The molecule has 2 aliphatic heterocycles. The van der Waals surface area contributed by atoms with Crippen molar-refractivity contribution in [3.8, 4) is 0 Å². The Morgan fingerprint density at radius 2 is 1.92 bits per heavy atom. The normalized spacial score (nSPS) is 26.6. The van der Waals surface area contributed by atoms with Gasteiger partial charge in [0.05, 0.1) is 12.4 Å². The number of benzene rings is 1. The fourth-order valence-electron chi connectivity index (χ4n) is 4.10. The Labute approximate surface area is 149 Å². The van der Waals surface area contributed by atoms with Crippen LogP contribution in [0.4, 0.5) is 0 Å². The molecule has 25 heavy (non-hydrogen) atoms. The Morgan fingerprint density at radius 3 is 2.60 bits per heavy atom. The van der Waals surface area contributed by atoms with E-state index in [1.165, 1.54) is 12.8 Å². The molecule has 0 radical (unpaired) electrons. The van der Waals surface area contributed by atoms with Crippen LogP contribution in [0, 0.1) is 18.8 Å². The third-order valence-corrected chi connectivity index (χ3v) is 8.65. The standard InChI is InChI=1S/C19H25NO4S/c1-14-4-2-3-5-17(14)18(21)20-12-19(13-20)16(8-9-25(19,22)23)11-24-10-15-6-7-15/h2-5,15-16H,6-13H2,1H3/t16-/m0/s1. The summed E-state index contributed by atoms with van der Waals surface area (Å²) in [5, 5.41) is 0. The van der Waals surface area contributed by atoms with E-state index in [0.717, 1.165) is 12.2 Å². The van der Waals surface area contributed by atoms with Gasteiger partial charge in [-0.05, 0) is 43.7 Å². The van der Waals surface area contributed by atoms with E-state index >= 15 is 0 Å². The summed E-state index contributed by atoms with van der Waals surface area (Å²) >= 11 is 0. The number of rotatable bonds is 5. The van der Waals surface area contributed by atoms with Gasteiger partial charge in [0.1, 0.15) is 4.75 Å². The van der Waals surface area contributed by atoms with Gasteiger partial charge in [0.2, 0.25) is 0 Å². The van der Waals surface area contributed by atoms with Gasteiger partial charge in [-0.2, -0.15) is 0 Å². The Hall–Kier alpha value is -1.40. The van der Waals surface area contributed by atoms with E-state index in [1.54, 1.807) is 4.90 Å². The van der Waals surface area contributed by atoms with Crippen molar-refractivity contribution in [2.24, 2.45) is 11.8 Å². The highest BCUT2D eigenvalue weighted by Gasteiger charge is 2.62. The van der Waals surface area contributed by atoms with Gasteiger partial charge in [0, 0.05) is 31.2 Å². The molecule has 1 aromatic rings.